The number of rotatable bonds is 4. The molecule has 1 aromatic carbocycles. The number of hydrogen-bond donors (Lipinski definition) is 1. The Morgan fingerprint density at radius 1 is 1.48 bits per heavy atom. The summed E-state index contributed by atoms with van der Waals surface area (Å²) in [7, 11) is 0. The van der Waals surface area contributed by atoms with E-state index in [4.69, 9.17) is 4.74 Å². The van der Waals surface area contributed by atoms with Gasteiger partial charge in [-0.3, -0.25) is 9.69 Å². The minimum absolute atomic E-state index is 0.0825. The first kappa shape index (κ1) is 17.1. The molecule has 27 heavy (non-hydrogen) atoms. The highest BCUT2D eigenvalue weighted by molar-refractivity contribution is 7.94. The van der Waals surface area contributed by atoms with Crippen molar-refractivity contribution in [3.8, 4) is 0 Å². The quantitative estimate of drug-likeness (QED) is 0.776. The van der Waals surface area contributed by atoms with Crippen molar-refractivity contribution in [2.45, 2.75) is 42.7 Å². The number of carbonyl (C=O) groups is 2. The molecule has 2 amide bonds. The van der Waals surface area contributed by atoms with Gasteiger partial charge in [0.1, 0.15) is 23.7 Å². The van der Waals surface area contributed by atoms with Crippen molar-refractivity contribution in [2.75, 3.05) is 28.6 Å². The van der Waals surface area contributed by atoms with E-state index in [9.17, 15) is 18.5 Å². The molecule has 9 heteroatoms. The molecule has 1 aliphatic carbocycles. The Kier molecular flexibility index (Phi) is 3.64. The molecule has 4 aliphatic rings. The van der Waals surface area contributed by atoms with Crippen LogP contribution in [-0.2, 0) is 20.7 Å². The summed E-state index contributed by atoms with van der Waals surface area (Å²) in [6.07, 6.45) is 0.918. The van der Waals surface area contributed by atoms with Crippen molar-refractivity contribution in [1.82, 2.24) is 5.32 Å². The Labute approximate surface area is 159 Å². The van der Waals surface area contributed by atoms with E-state index in [1.807, 2.05) is 0 Å². The molecule has 1 saturated carbocycles. The third-order valence-electron chi connectivity index (χ3n) is 6.32. The van der Waals surface area contributed by atoms with Crippen molar-refractivity contribution in [3.63, 3.8) is 0 Å². The highest BCUT2D eigenvalue weighted by atomic mass is 32.2. The van der Waals surface area contributed by atoms with Crippen LogP contribution in [0.15, 0.2) is 18.2 Å². The molecule has 0 bridgehead atoms. The lowest BCUT2D eigenvalue weighted by Gasteiger charge is -2.74. The average Bonchev–Trinajstić information content (AvgIpc) is 2.96. The maximum Gasteiger partial charge on any atom is 0.414 e. The Hall–Kier alpha value is -2.00. The van der Waals surface area contributed by atoms with Crippen molar-refractivity contribution >= 4 is 34.6 Å². The molecule has 7 nitrogen and oxygen atoms in total. The van der Waals surface area contributed by atoms with Gasteiger partial charge in [-0.25, -0.2) is 9.18 Å². The van der Waals surface area contributed by atoms with Crippen molar-refractivity contribution in [3.05, 3.63) is 24.0 Å². The van der Waals surface area contributed by atoms with E-state index in [2.05, 4.69) is 10.2 Å². The number of nitrogens with zero attached hydrogens (tertiary/aromatic N) is 2. The molecule has 5 rings (SSSR count). The molecule has 0 radical (unpaired) electrons. The Morgan fingerprint density at radius 2 is 2.30 bits per heavy atom. The summed E-state index contributed by atoms with van der Waals surface area (Å²) < 4.78 is 32.0. The number of ether oxygens (including phenoxy) is 1. The second kappa shape index (κ2) is 5.75. The molecule has 4 fully saturated rings. The first-order chi connectivity index (χ1) is 12.9. The zero-order chi connectivity index (χ0) is 18.9. The third-order valence-corrected chi connectivity index (χ3v) is 8.53. The average molecular weight is 393 g/mol. The van der Waals surface area contributed by atoms with Gasteiger partial charge in [0, 0.05) is 13.3 Å². The molecule has 3 heterocycles. The van der Waals surface area contributed by atoms with Gasteiger partial charge in [-0.2, -0.15) is 0 Å². The molecule has 1 spiro atoms. The lowest BCUT2D eigenvalue weighted by molar-refractivity contribution is -0.119. The van der Waals surface area contributed by atoms with Crippen LogP contribution >= 0.6 is 0 Å². The van der Waals surface area contributed by atoms with Gasteiger partial charge in [-0.15, -0.1) is 0 Å². The normalized spacial score (nSPS) is 36.0. The monoisotopic (exact) mass is 393 g/mol. The second-order valence-corrected chi connectivity index (χ2v) is 9.42. The maximum absolute atomic E-state index is 14.8. The molecule has 4 unspecified atom stereocenters. The highest BCUT2D eigenvalue weighted by Gasteiger charge is 2.81. The van der Waals surface area contributed by atoms with Crippen LogP contribution in [0, 0.1) is 5.82 Å². The molecule has 0 aromatic heterocycles. The van der Waals surface area contributed by atoms with E-state index in [-0.39, 0.29) is 41.6 Å². The molecule has 1 aromatic rings. The smallest absolute Gasteiger partial charge is 0.414 e. The van der Waals surface area contributed by atoms with Crippen LogP contribution in [0.3, 0.4) is 0 Å². The summed E-state index contributed by atoms with van der Waals surface area (Å²) in [5.74, 6) is 0.0308. The SMILES string of the molecule is CC(=O)NC[C@H]1CN(c2ccc(N3C4CCC45C3C[S+]5[O-])c(F)c2)C(=O)O1. The maximum atomic E-state index is 14.8. The lowest BCUT2D eigenvalue weighted by atomic mass is 9.63. The summed E-state index contributed by atoms with van der Waals surface area (Å²) >= 11 is -0.774. The summed E-state index contributed by atoms with van der Waals surface area (Å²) in [5.41, 5.74) is 0.951. The van der Waals surface area contributed by atoms with Crippen molar-refractivity contribution in [1.29, 1.82) is 0 Å². The molecule has 1 N–H and O–H groups in total. The third kappa shape index (κ3) is 2.24. The van der Waals surface area contributed by atoms with E-state index < -0.39 is 23.4 Å². The van der Waals surface area contributed by atoms with E-state index >= 15 is 0 Å². The van der Waals surface area contributed by atoms with Gasteiger partial charge >= 0.3 is 6.09 Å². The number of amides is 2. The predicted octanol–water partition coefficient (Wildman–Crippen LogP) is 1.14. The van der Waals surface area contributed by atoms with E-state index in [0.717, 1.165) is 12.8 Å². The van der Waals surface area contributed by atoms with Gasteiger partial charge in [-0.1, -0.05) is 0 Å². The van der Waals surface area contributed by atoms with E-state index in [1.54, 1.807) is 12.1 Å². The molecule has 144 valence electrons. The summed E-state index contributed by atoms with van der Waals surface area (Å²) in [5, 5.41) is 2.62. The first-order valence-electron chi connectivity index (χ1n) is 9.11. The number of nitrogens with one attached hydrogen (secondary N) is 1. The van der Waals surface area contributed by atoms with E-state index in [1.165, 1.54) is 17.9 Å². The van der Waals surface area contributed by atoms with Crippen molar-refractivity contribution in [2.24, 2.45) is 0 Å². The van der Waals surface area contributed by atoms with Crippen LogP contribution in [0.2, 0.25) is 0 Å². The Bertz CT molecular complexity index is 831. The van der Waals surface area contributed by atoms with Crippen molar-refractivity contribution < 1.29 is 23.3 Å². The summed E-state index contributed by atoms with van der Waals surface area (Å²) in [6, 6.07) is 5.12. The second-order valence-electron chi connectivity index (χ2n) is 7.63. The number of carbonyl (C=O) groups excluding carboxylic acids is 2. The van der Waals surface area contributed by atoms with Crippen LogP contribution in [0.25, 0.3) is 0 Å². The standard InChI is InChI=1S/C18H20FN3O4S/c1-10(23)20-7-12-8-21(17(24)26-12)11-2-3-14(13(19)6-11)22-15-4-5-18(15)16(22)9-27(18)25/h2-3,6,12,15-16H,4-5,7-9H2,1H3,(H,20,23)/t12-,15?,16?,18?,27?/m0/s1. The minimum Gasteiger partial charge on any atom is -0.616 e. The lowest BCUT2D eigenvalue weighted by Crippen LogP contribution is -2.92. The molecule has 3 aliphatic heterocycles. The van der Waals surface area contributed by atoms with Crippen LogP contribution in [-0.4, -0.2) is 58.3 Å². The van der Waals surface area contributed by atoms with Gasteiger partial charge in [0.15, 0.2) is 4.75 Å². The Morgan fingerprint density at radius 3 is 2.89 bits per heavy atom. The topological polar surface area (TPSA) is 84.9 Å². The number of cyclic esters (lactones) is 1. The fourth-order valence-corrected chi connectivity index (χ4v) is 6.97. The zero-order valence-corrected chi connectivity index (χ0v) is 15.6. The van der Waals surface area contributed by atoms with Gasteiger partial charge < -0.3 is 19.5 Å². The zero-order valence-electron chi connectivity index (χ0n) is 14.8. The fourth-order valence-electron chi connectivity index (χ4n) is 4.83. The predicted molar refractivity (Wildman–Crippen MR) is 97.7 cm³/mol. The largest absolute Gasteiger partial charge is 0.616 e. The number of hydrogen-bond acceptors (Lipinski definition) is 5. The highest BCUT2D eigenvalue weighted by Crippen LogP contribution is 2.63. The number of benzene rings is 1. The molecular formula is C18H20FN3O4S. The van der Waals surface area contributed by atoms with Gasteiger partial charge in [0.25, 0.3) is 0 Å². The molecular weight excluding hydrogens is 373 g/mol. The molecule has 5 atom stereocenters. The van der Waals surface area contributed by atoms with Crippen LogP contribution in [0.1, 0.15) is 19.8 Å². The Balaban J connectivity index is 1.31. The fraction of sp³-hybridized carbons (Fsp3) is 0.556. The summed E-state index contributed by atoms with van der Waals surface area (Å²) in [4.78, 5) is 26.5. The number of piperidine rings is 1. The molecule has 3 saturated heterocycles. The van der Waals surface area contributed by atoms with Crippen LogP contribution in [0.4, 0.5) is 20.6 Å². The van der Waals surface area contributed by atoms with Gasteiger partial charge in [-0.05, 0) is 35.8 Å². The van der Waals surface area contributed by atoms with Crippen LogP contribution < -0.4 is 15.1 Å². The summed E-state index contributed by atoms with van der Waals surface area (Å²) in [6.45, 7) is 1.89. The van der Waals surface area contributed by atoms with Gasteiger partial charge in [0.05, 0.1) is 30.5 Å². The minimum atomic E-state index is -0.774. The van der Waals surface area contributed by atoms with E-state index in [0.29, 0.717) is 17.1 Å². The van der Waals surface area contributed by atoms with Gasteiger partial charge in [0.2, 0.25) is 5.91 Å². The first-order valence-corrected chi connectivity index (χ1v) is 10.4. The number of anilines is 2. The van der Waals surface area contributed by atoms with Crippen LogP contribution in [0.5, 0.6) is 0 Å². The number of halogens is 1.